The van der Waals surface area contributed by atoms with Crippen molar-refractivity contribution in [1.82, 2.24) is 8.61 Å². The van der Waals surface area contributed by atoms with Gasteiger partial charge in [-0.1, -0.05) is 29.8 Å². The Morgan fingerprint density at radius 3 is 1.90 bits per heavy atom. The van der Waals surface area contributed by atoms with Crippen molar-refractivity contribution >= 4 is 26.0 Å². The zero-order valence-corrected chi connectivity index (χ0v) is 18.7. The van der Waals surface area contributed by atoms with Crippen LogP contribution in [-0.4, -0.2) is 64.7 Å². The molecule has 1 aliphatic heterocycles. The van der Waals surface area contributed by atoms with Gasteiger partial charge in [-0.05, 0) is 37.6 Å². The van der Waals surface area contributed by atoms with Crippen LogP contribution in [0.1, 0.15) is 21.5 Å². The highest BCUT2D eigenvalue weighted by Crippen LogP contribution is 2.25. The molecule has 0 aliphatic carbocycles. The predicted molar refractivity (Wildman–Crippen MR) is 111 cm³/mol. The van der Waals surface area contributed by atoms with Crippen LogP contribution in [-0.2, 0) is 24.8 Å². The Kier molecular flexibility index (Phi) is 6.32. The molecule has 8 nitrogen and oxygen atoms in total. The summed E-state index contributed by atoms with van der Waals surface area (Å²) in [6, 6.07) is 10.9. The zero-order chi connectivity index (χ0) is 22.1. The van der Waals surface area contributed by atoms with E-state index in [-0.39, 0.29) is 41.5 Å². The summed E-state index contributed by atoms with van der Waals surface area (Å²) < 4.78 is 59.4. The van der Waals surface area contributed by atoms with Crippen LogP contribution in [0.15, 0.2) is 52.3 Å². The number of hydrogen-bond donors (Lipinski definition) is 0. The van der Waals surface area contributed by atoms with Gasteiger partial charge in [0.1, 0.15) is 0 Å². The number of rotatable bonds is 5. The van der Waals surface area contributed by atoms with Gasteiger partial charge in [0.25, 0.3) is 0 Å². The van der Waals surface area contributed by atoms with E-state index < -0.39 is 26.0 Å². The standard InChI is InChI=1S/C20H24N2O6S2/c1-15-8-9-18(16(2)14-15)29(24,25)21-10-12-22(13-11-21)30(26,27)19-7-5-4-6-17(19)20(23)28-3/h4-9,14H,10-13H2,1-3H3. The third-order valence-corrected chi connectivity index (χ3v) is 9.07. The van der Waals surface area contributed by atoms with Crippen molar-refractivity contribution in [2.45, 2.75) is 23.6 Å². The van der Waals surface area contributed by atoms with Gasteiger partial charge >= 0.3 is 5.97 Å². The van der Waals surface area contributed by atoms with Crippen LogP contribution in [0.25, 0.3) is 0 Å². The first-order valence-corrected chi connectivity index (χ1v) is 12.2. The molecule has 0 bridgehead atoms. The summed E-state index contributed by atoms with van der Waals surface area (Å²) in [7, 11) is -6.53. The van der Waals surface area contributed by atoms with E-state index in [1.54, 1.807) is 31.2 Å². The van der Waals surface area contributed by atoms with Crippen molar-refractivity contribution in [3.05, 3.63) is 59.2 Å². The second-order valence-corrected chi connectivity index (χ2v) is 10.9. The maximum absolute atomic E-state index is 13.1. The molecule has 162 valence electrons. The highest BCUT2D eigenvalue weighted by atomic mass is 32.2. The quantitative estimate of drug-likeness (QED) is 0.641. The normalized spacial score (nSPS) is 16.4. The highest BCUT2D eigenvalue weighted by molar-refractivity contribution is 7.89. The van der Waals surface area contributed by atoms with Gasteiger partial charge in [-0.2, -0.15) is 8.61 Å². The number of methoxy groups -OCH3 is 1. The largest absolute Gasteiger partial charge is 0.465 e. The molecule has 0 atom stereocenters. The Balaban J connectivity index is 1.83. The van der Waals surface area contributed by atoms with E-state index in [9.17, 15) is 21.6 Å². The molecule has 0 aromatic heterocycles. The molecule has 3 rings (SSSR count). The van der Waals surface area contributed by atoms with Crippen molar-refractivity contribution in [2.75, 3.05) is 33.3 Å². The van der Waals surface area contributed by atoms with Gasteiger partial charge in [-0.15, -0.1) is 0 Å². The van der Waals surface area contributed by atoms with Crippen LogP contribution in [0.3, 0.4) is 0 Å². The first kappa shape index (κ1) is 22.4. The molecule has 1 heterocycles. The second kappa shape index (κ2) is 8.46. The molecule has 2 aromatic rings. The van der Waals surface area contributed by atoms with E-state index >= 15 is 0 Å². The number of nitrogens with zero attached hydrogens (tertiary/aromatic N) is 2. The Labute approximate surface area is 177 Å². The smallest absolute Gasteiger partial charge is 0.339 e. The maximum atomic E-state index is 13.1. The number of sulfonamides is 2. The van der Waals surface area contributed by atoms with E-state index in [0.717, 1.165) is 5.56 Å². The second-order valence-electron chi connectivity index (χ2n) is 7.06. The minimum absolute atomic E-state index is 0.0119. The zero-order valence-electron chi connectivity index (χ0n) is 17.0. The fraction of sp³-hybridized carbons (Fsp3) is 0.350. The lowest BCUT2D eigenvalue weighted by molar-refractivity contribution is 0.0596. The molecule has 2 aromatic carbocycles. The topological polar surface area (TPSA) is 101 Å². The van der Waals surface area contributed by atoms with Gasteiger partial charge < -0.3 is 4.74 Å². The lowest BCUT2D eigenvalue weighted by atomic mass is 10.2. The summed E-state index contributed by atoms with van der Waals surface area (Å²) in [5.41, 5.74) is 1.56. The van der Waals surface area contributed by atoms with Crippen LogP contribution in [0.2, 0.25) is 0 Å². The predicted octanol–water partition coefficient (Wildman–Crippen LogP) is 1.79. The molecule has 1 fully saturated rings. The Hall–Kier alpha value is -2.27. The van der Waals surface area contributed by atoms with Crippen LogP contribution >= 0.6 is 0 Å². The van der Waals surface area contributed by atoms with Crippen LogP contribution < -0.4 is 0 Å². The summed E-state index contributed by atoms with van der Waals surface area (Å²) in [6.45, 7) is 3.65. The van der Waals surface area contributed by atoms with Gasteiger partial charge in [0, 0.05) is 26.2 Å². The summed E-state index contributed by atoms with van der Waals surface area (Å²) in [6.07, 6.45) is 0. The van der Waals surface area contributed by atoms with E-state index in [4.69, 9.17) is 0 Å². The van der Waals surface area contributed by atoms with Gasteiger partial charge in [0.15, 0.2) is 0 Å². The maximum Gasteiger partial charge on any atom is 0.339 e. The molecular formula is C20H24N2O6S2. The lowest BCUT2D eigenvalue weighted by Crippen LogP contribution is -2.50. The molecule has 0 saturated carbocycles. The average molecular weight is 453 g/mol. The fourth-order valence-corrected chi connectivity index (χ4v) is 6.72. The summed E-state index contributed by atoms with van der Waals surface area (Å²) in [5, 5.41) is 0. The number of carbonyl (C=O) groups excluding carboxylic acids is 1. The first-order chi connectivity index (χ1) is 14.1. The summed E-state index contributed by atoms with van der Waals surface area (Å²) >= 11 is 0. The molecule has 30 heavy (non-hydrogen) atoms. The van der Waals surface area contributed by atoms with Gasteiger partial charge in [-0.25, -0.2) is 21.6 Å². The van der Waals surface area contributed by atoms with Crippen LogP contribution in [0.5, 0.6) is 0 Å². The van der Waals surface area contributed by atoms with Crippen molar-refractivity contribution in [3.63, 3.8) is 0 Å². The Morgan fingerprint density at radius 2 is 1.37 bits per heavy atom. The van der Waals surface area contributed by atoms with Gasteiger partial charge in [0.2, 0.25) is 20.0 Å². The molecule has 0 amide bonds. The van der Waals surface area contributed by atoms with E-state index in [2.05, 4.69) is 4.74 Å². The molecule has 0 unspecified atom stereocenters. The van der Waals surface area contributed by atoms with E-state index in [1.807, 2.05) is 6.92 Å². The molecule has 1 saturated heterocycles. The number of benzene rings is 2. The lowest BCUT2D eigenvalue weighted by Gasteiger charge is -2.33. The number of aryl methyl sites for hydroxylation is 2. The molecule has 0 N–H and O–H groups in total. The van der Waals surface area contributed by atoms with E-state index in [0.29, 0.717) is 5.56 Å². The minimum atomic E-state index is -3.98. The summed E-state index contributed by atoms with van der Waals surface area (Å²) in [4.78, 5) is 12.0. The van der Waals surface area contributed by atoms with Crippen molar-refractivity contribution in [2.24, 2.45) is 0 Å². The molecule has 1 aliphatic rings. The van der Waals surface area contributed by atoms with E-state index in [1.165, 1.54) is 33.9 Å². The number of ether oxygens (including phenoxy) is 1. The number of hydrogen-bond acceptors (Lipinski definition) is 6. The Morgan fingerprint density at radius 1 is 0.833 bits per heavy atom. The number of esters is 1. The molecule has 0 radical (unpaired) electrons. The minimum Gasteiger partial charge on any atom is -0.465 e. The third kappa shape index (κ3) is 4.13. The van der Waals surface area contributed by atoms with Gasteiger partial charge in [-0.3, -0.25) is 0 Å². The molecule has 0 spiro atoms. The highest BCUT2D eigenvalue weighted by Gasteiger charge is 2.35. The van der Waals surface area contributed by atoms with Crippen molar-refractivity contribution in [1.29, 1.82) is 0 Å². The fourth-order valence-electron chi connectivity index (χ4n) is 3.49. The first-order valence-electron chi connectivity index (χ1n) is 9.34. The van der Waals surface area contributed by atoms with Gasteiger partial charge in [0.05, 0.1) is 22.5 Å². The monoisotopic (exact) mass is 452 g/mol. The third-order valence-electron chi connectivity index (χ3n) is 5.06. The average Bonchev–Trinajstić information content (AvgIpc) is 2.73. The van der Waals surface area contributed by atoms with Crippen molar-refractivity contribution in [3.8, 4) is 0 Å². The number of carbonyl (C=O) groups is 1. The van der Waals surface area contributed by atoms with Crippen molar-refractivity contribution < 1.29 is 26.4 Å². The Bertz CT molecular complexity index is 1170. The van der Waals surface area contributed by atoms with Crippen LogP contribution in [0.4, 0.5) is 0 Å². The SMILES string of the molecule is COC(=O)c1ccccc1S(=O)(=O)N1CCN(S(=O)(=O)c2ccc(C)cc2C)CC1. The summed E-state index contributed by atoms with van der Waals surface area (Å²) in [5.74, 6) is -0.745. The molecule has 10 heteroatoms. The molecular weight excluding hydrogens is 428 g/mol. The number of piperazine rings is 1. The van der Waals surface area contributed by atoms with Crippen LogP contribution in [0, 0.1) is 13.8 Å².